The number of benzene rings is 1. The van der Waals surface area contributed by atoms with E-state index in [2.05, 4.69) is 14.9 Å². The molecule has 0 unspecified atom stereocenters. The highest BCUT2D eigenvalue weighted by Crippen LogP contribution is 2.20. The van der Waals surface area contributed by atoms with Gasteiger partial charge in [-0.15, -0.1) is 11.8 Å². The third kappa shape index (κ3) is 4.04. The number of amides is 1. The Morgan fingerprint density at radius 3 is 2.40 bits per heavy atom. The normalized spacial score (nSPS) is 14.5. The minimum atomic E-state index is 0.0868. The van der Waals surface area contributed by atoms with Gasteiger partial charge in [-0.3, -0.25) is 4.79 Å². The average Bonchev–Trinajstić information content (AvgIpc) is 2.67. The van der Waals surface area contributed by atoms with Gasteiger partial charge in [0, 0.05) is 42.7 Å². The van der Waals surface area contributed by atoms with E-state index in [1.807, 2.05) is 48.4 Å². The second-order valence-electron chi connectivity index (χ2n) is 5.82. The van der Waals surface area contributed by atoms with Gasteiger partial charge in [0.25, 0.3) is 5.91 Å². The molecule has 3 rings (SSSR count). The van der Waals surface area contributed by atoms with Crippen molar-refractivity contribution >= 4 is 23.5 Å². The molecule has 1 aliphatic heterocycles. The van der Waals surface area contributed by atoms with E-state index < -0.39 is 0 Å². The fourth-order valence-electron chi connectivity index (χ4n) is 2.85. The number of carbonyl (C=O) groups excluding carboxylic acids is 1. The SMILES string of the molecule is COc1cc(N2CCN(C(=O)c3ccc(SC)cc3)CC2)nc(C)n1. The Labute approximate surface area is 152 Å². The summed E-state index contributed by atoms with van der Waals surface area (Å²) in [5, 5.41) is 0. The molecule has 0 bridgehead atoms. The molecule has 0 radical (unpaired) electrons. The number of aromatic nitrogens is 2. The first-order chi connectivity index (χ1) is 12.1. The molecule has 0 N–H and O–H groups in total. The molecular formula is C18H22N4O2S. The molecule has 1 fully saturated rings. The zero-order valence-corrected chi connectivity index (χ0v) is 15.5. The largest absolute Gasteiger partial charge is 0.481 e. The Kier molecular flexibility index (Phi) is 5.43. The van der Waals surface area contributed by atoms with E-state index in [4.69, 9.17) is 4.74 Å². The Morgan fingerprint density at radius 1 is 1.12 bits per heavy atom. The van der Waals surface area contributed by atoms with Crippen molar-refractivity contribution in [3.05, 3.63) is 41.7 Å². The fourth-order valence-corrected chi connectivity index (χ4v) is 3.25. The highest BCUT2D eigenvalue weighted by atomic mass is 32.2. The van der Waals surface area contributed by atoms with Crippen molar-refractivity contribution in [1.29, 1.82) is 0 Å². The molecule has 25 heavy (non-hydrogen) atoms. The standard InChI is InChI=1S/C18H22N4O2S/c1-13-19-16(12-17(20-13)24-2)21-8-10-22(11-9-21)18(23)14-4-6-15(25-3)7-5-14/h4-7,12H,8-11H2,1-3H3. The lowest BCUT2D eigenvalue weighted by molar-refractivity contribution is 0.0746. The van der Waals surface area contributed by atoms with Crippen molar-refractivity contribution in [2.24, 2.45) is 0 Å². The number of piperazine rings is 1. The van der Waals surface area contributed by atoms with Crippen LogP contribution in [0.4, 0.5) is 5.82 Å². The Bertz CT molecular complexity index is 743. The predicted molar refractivity (Wildman–Crippen MR) is 99.7 cm³/mol. The van der Waals surface area contributed by atoms with Crippen LogP contribution in [0.2, 0.25) is 0 Å². The third-order valence-corrected chi connectivity index (χ3v) is 4.98. The van der Waals surface area contributed by atoms with Gasteiger partial charge in [-0.2, -0.15) is 4.98 Å². The summed E-state index contributed by atoms with van der Waals surface area (Å²) >= 11 is 1.67. The number of methoxy groups -OCH3 is 1. The number of rotatable bonds is 4. The molecule has 6 nitrogen and oxygen atoms in total. The van der Waals surface area contributed by atoms with E-state index in [1.54, 1.807) is 18.9 Å². The van der Waals surface area contributed by atoms with Crippen LogP contribution in [0.3, 0.4) is 0 Å². The molecule has 7 heteroatoms. The zero-order valence-electron chi connectivity index (χ0n) is 14.7. The molecule has 0 aliphatic carbocycles. The lowest BCUT2D eigenvalue weighted by Gasteiger charge is -2.35. The summed E-state index contributed by atoms with van der Waals surface area (Å²) in [5.41, 5.74) is 0.741. The first-order valence-corrected chi connectivity index (χ1v) is 9.41. The zero-order chi connectivity index (χ0) is 17.8. The van der Waals surface area contributed by atoms with E-state index in [9.17, 15) is 4.79 Å². The summed E-state index contributed by atoms with van der Waals surface area (Å²) < 4.78 is 5.22. The maximum Gasteiger partial charge on any atom is 0.253 e. The molecule has 1 amide bonds. The molecule has 1 aromatic carbocycles. The van der Waals surface area contributed by atoms with Crippen molar-refractivity contribution in [2.45, 2.75) is 11.8 Å². The van der Waals surface area contributed by atoms with Crippen LogP contribution >= 0.6 is 11.8 Å². The van der Waals surface area contributed by atoms with Gasteiger partial charge in [0.15, 0.2) is 0 Å². The second kappa shape index (κ2) is 7.74. The summed E-state index contributed by atoms with van der Waals surface area (Å²) in [5.74, 6) is 2.18. The molecule has 0 atom stereocenters. The summed E-state index contributed by atoms with van der Waals surface area (Å²) in [6.45, 7) is 4.69. The summed E-state index contributed by atoms with van der Waals surface area (Å²) in [6, 6.07) is 9.62. The van der Waals surface area contributed by atoms with E-state index in [1.165, 1.54) is 0 Å². The molecule has 2 aromatic rings. The number of aryl methyl sites for hydroxylation is 1. The molecule has 1 aromatic heterocycles. The summed E-state index contributed by atoms with van der Waals surface area (Å²) in [4.78, 5) is 26.6. The van der Waals surface area contributed by atoms with E-state index in [0.717, 1.165) is 29.4 Å². The van der Waals surface area contributed by atoms with Crippen molar-refractivity contribution in [2.75, 3.05) is 44.4 Å². The molecule has 1 aliphatic rings. The maximum atomic E-state index is 12.7. The topological polar surface area (TPSA) is 58.6 Å². The quantitative estimate of drug-likeness (QED) is 0.783. The molecule has 0 saturated carbocycles. The Balaban J connectivity index is 1.65. The van der Waals surface area contributed by atoms with E-state index in [0.29, 0.717) is 24.8 Å². The summed E-state index contributed by atoms with van der Waals surface area (Å²) in [7, 11) is 1.60. The van der Waals surface area contributed by atoms with Gasteiger partial charge in [-0.05, 0) is 37.4 Å². The molecule has 2 heterocycles. The van der Waals surface area contributed by atoms with Gasteiger partial charge in [0.05, 0.1) is 7.11 Å². The highest BCUT2D eigenvalue weighted by molar-refractivity contribution is 7.98. The number of ether oxygens (including phenoxy) is 1. The predicted octanol–water partition coefficient (Wildman–Crippen LogP) is 2.48. The van der Waals surface area contributed by atoms with Gasteiger partial charge in [0.1, 0.15) is 11.6 Å². The highest BCUT2D eigenvalue weighted by Gasteiger charge is 2.23. The number of carbonyl (C=O) groups is 1. The fraction of sp³-hybridized carbons (Fsp3) is 0.389. The van der Waals surface area contributed by atoms with Crippen molar-refractivity contribution in [1.82, 2.24) is 14.9 Å². The first kappa shape index (κ1) is 17.5. The average molecular weight is 358 g/mol. The van der Waals surface area contributed by atoms with Gasteiger partial charge in [0.2, 0.25) is 5.88 Å². The van der Waals surface area contributed by atoms with Crippen molar-refractivity contribution < 1.29 is 9.53 Å². The Morgan fingerprint density at radius 2 is 1.80 bits per heavy atom. The number of anilines is 1. The smallest absolute Gasteiger partial charge is 0.253 e. The van der Waals surface area contributed by atoms with Gasteiger partial charge < -0.3 is 14.5 Å². The number of hydrogen-bond acceptors (Lipinski definition) is 6. The van der Waals surface area contributed by atoms with E-state index >= 15 is 0 Å². The van der Waals surface area contributed by atoms with Crippen LogP contribution in [0.15, 0.2) is 35.2 Å². The van der Waals surface area contributed by atoms with Crippen LogP contribution in [0, 0.1) is 6.92 Å². The number of hydrogen-bond donors (Lipinski definition) is 0. The molecular weight excluding hydrogens is 336 g/mol. The minimum absolute atomic E-state index is 0.0868. The minimum Gasteiger partial charge on any atom is -0.481 e. The molecule has 1 saturated heterocycles. The molecule has 132 valence electrons. The number of thioether (sulfide) groups is 1. The molecule has 0 spiro atoms. The van der Waals surface area contributed by atoms with E-state index in [-0.39, 0.29) is 5.91 Å². The van der Waals surface area contributed by atoms with Gasteiger partial charge in [-0.1, -0.05) is 0 Å². The first-order valence-electron chi connectivity index (χ1n) is 8.18. The van der Waals surface area contributed by atoms with Crippen LogP contribution < -0.4 is 9.64 Å². The van der Waals surface area contributed by atoms with Gasteiger partial charge >= 0.3 is 0 Å². The van der Waals surface area contributed by atoms with Crippen LogP contribution in [0.5, 0.6) is 5.88 Å². The van der Waals surface area contributed by atoms with Gasteiger partial charge in [-0.25, -0.2) is 4.98 Å². The van der Waals surface area contributed by atoms with Crippen molar-refractivity contribution in [3.8, 4) is 5.88 Å². The van der Waals surface area contributed by atoms with Crippen LogP contribution in [0.1, 0.15) is 16.2 Å². The monoisotopic (exact) mass is 358 g/mol. The maximum absolute atomic E-state index is 12.7. The Hall–Kier alpha value is -2.28. The second-order valence-corrected chi connectivity index (χ2v) is 6.70. The van der Waals surface area contributed by atoms with Crippen molar-refractivity contribution in [3.63, 3.8) is 0 Å². The van der Waals surface area contributed by atoms with Crippen LogP contribution in [0.25, 0.3) is 0 Å². The lowest BCUT2D eigenvalue weighted by atomic mass is 10.2. The lowest BCUT2D eigenvalue weighted by Crippen LogP contribution is -2.49. The van der Waals surface area contributed by atoms with Crippen LogP contribution in [-0.4, -0.2) is 60.3 Å². The van der Waals surface area contributed by atoms with Crippen LogP contribution in [-0.2, 0) is 0 Å². The summed E-state index contributed by atoms with van der Waals surface area (Å²) in [6.07, 6.45) is 2.03. The number of nitrogens with zero attached hydrogens (tertiary/aromatic N) is 4. The third-order valence-electron chi connectivity index (χ3n) is 4.24.